The highest BCUT2D eigenvalue weighted by Gasteiger charge is 2.42. The average Bonchev–Trinajstić information content (AvgIpc) is 2.78. The Kier molecular flexibility index (Phi) is 8.65. The number of carbonyl (C=O) groups excluding carboxylic acids is 1. The lowest BCUT2D eigenvalue weighted by atomic mass is 9.68. The van der Waals surface area contributed by atoms with Crippen LogP contribution in [-0.4, -0.2) is 37.0 Å². The second-order valence-corrected chi connectivity index (χ2v) is 8.96. The summed E-state index contributed by atoms with van der Waals surface area (Å²) in [6, 6.07) is 13.0. The van der Waals surface area contributed by atoms with Gasteiger partial charge in [-0.2, -0.15) is 0 Å². The van der Waals surface area contributed by atoms with Gasteiger partial charge in [0.25, 0.3) is 0 Å². The summed E-state index contributed by atoms with van der Waals surface area (Å²) in [6.45, 7) is 7.88. The predicted molar refractivity (Wildman–Crippen MR) is 130 cm³/mol. The molecule has 0 aromatic heterocycles. The van der Waals surface area contributed by atoms with Gasteiger partial charge in [0, 0.05) is 22.3 Å². The zero-order chi connectivity index (χ0) is 22.3. The molecule has 0 aliphatic heterocycles. The number of halogens is 2. The van der Waals surface area contributed by atoms with Crippen LogP contribution in [0.25, 0.3) is 0 Å². The number of nitrogens with zero attached hydrogens (tertiary/aromatic N) is 1. The number of likely N-dealkylation sites (N-methyl/N-ethyl adjacent to an activating group) is 1. The van der Waals surface area contributed by atoms with Gasteiger partial charge >= 0.3 is 0 Å². The largest absolute Gasteiger partial charge is 0.492 e. The summed E-state index contributed by atoms with van der Waals surface area (Å²) in [6.07, 6.45) is 4.72. The molecular formula is C25H32Cl2N2O2. The fraction of sp³-hybridized carbons (Fsp3) is 0.480. The van der Waals surface area contributed by atoms with E-state index in [1.165, 1.54) is 0 Å². The van der Waals surface area contributed by atoms with Crippen LogP contribution < -0.4 is 10.1 Å². The van der Waals surface area contributed by atoms with Crippen molar-refractivity contribution in [3.05, 3.63) is 58.1 Å². The molecule has 0 radical (unpaired) electrons. The summed E-state index contributed by atoms with van der Waals surface area (Å²) in [4.78, 5) is 15.8. The zero-order valence-corrected chi connectivity index (χ0v) is 19.9. The van der Waals surface area contributed by atoms with Crippen molar-refractivity contribution in [2.24, 2.45) is 0 Å². The van der Waals surface area contributed by atoms with E-state index in [-0.39, 0.29) is 5.91 Å². The number of amides is 1. The van der Waals surface area contributed by atoms with Crippen LogP contribution in [0.3, 0.4) is 0 Å². The quantitative estimate of drug-likeness (QED) is 0.458. The topological polar surface area (TPSA) is 41.6 Å². The smallest absolute Gasteiger partial charge is 0.235 e. The summed E-state index contributed by atoms with van der Waals surface area (Å²) in [5, 5.41) is 4.26. The van der Waals surface area contributed by atoms with Crippen LogP contribution in [-0.2, 0) is 10.2 Å². The van der Waals surface area contributed by atoms with Gasteiger partial charge in [-0.25, -0.2) is 0 Å². The highest BCUT2D eigenvalue weighted by atomic mass is 35.5. The predicted octanol–water partition coefficient (Wildman–Crippen LogP) is 6.55. The van der Waals surface area contributed by atoms with Crippen LogP contribution in [0.2, 0.25) is 10.0 Å². The van der Waals surface area contributed by atoms with Gasteiger partial charge in [-0.15, -0.1) is 0 Å². The van der Waals surface area contributed by atoms with Crippen LogP contribution in [0.1, 0.15) is 51.5 Å². The molecule has 0 heterocycles. The van der Waals surface area contributed by atoms with Gasteiger partial charge in [0.15, 0.2) is 0 Å². The summed E-state index contributed by atoms with van der Waals surface area (Å²) in [7, 11) is 0. The molecule has 0 bridgehead atoms. The number of hydrogen-bond acceptors (Lipinski definition) is 3. The average molecular weight is 463 g/mol. The SMILES string of the molecule is CCN(CC)CCOc1ccc(NC(=O)C2(c3ccc(Cl)cc3Cl)CCCCC2)cc1. The Bertz CT molecular complexity index is 860. The molecule has 1 aliphatic carbocycles. The molecule has 31 heavy (non-hydrogen) atoms. The number of rotatable bonds is 9. The molecule has 2 aromatic rings. The molecule has 1 amide bonds. The Morgan fingerprint density at radius 1 is 1.03 bits per heavy atom. The first kappa shape index (κ1) is 23.9. The van der Waals surface area contributed by atoms with Crippen LogP contribution in [0, 0.1) is 0 Å². The lowest BCUT2D eigenvalue weighted by molar-refractivity contribution is -0.122. The monoisotopic (exact) mass is 462 g/mol. The number of carbonyl (C=O) groups is 1. The fourth-order valence-electron chi connectivity index (χ4n) is 4.37. The Balaban J connectivity index is 1.69. The minimum Gasteiger partial charge on any atom is -0.492 e. The van der Waals surface area contributed by atoms with Crippen molar-refractivity contribution in [1.82, 2.24) is 4.90 Å². The van der Waals surface area contributed by atoms with Gasteiger partial charge in [-0.05, 0) is 67.9 Å². The normalized spacial score (nSPS) is 15.6. The van der Waals surface area contributed by atoms with E-state index in [9.17, 15) is 4.79 Å². The van der Waals surface area contributed by atoms with Crippen LogP contribution in [0.4, 0.5) is 5.69 Å². The standard InChI is InChI=1S/C25H32Cl2N2O2/c1-3-29(4-2)16-17-31-21-11-9-20(10-12-21)28-24(30)25(14-6-5-7-15-25)22-13-8-19(26)18-23(22)27/h8-13,18H,3-7,14-17H2,1-2H3,(H,28,30). The molecule has 168 valence electrons. The molecule has 1 fully saturated rings. The summed E-state index contributed by atoms with van der Waals surface area (Å²) in [5.41, 5.74) is 1.00. The number of anilines is 1. The fourth-order valence-corrected chi connectivity index (χ4v) is 4.96. The third-order valence-corrected chi connectivity index (χ3v) is 6.82. The Labute approximate surface area is 195 Å². The first-order valence-electron chi connectivity index (χ1n) is 11.2. The van der Waals surface area contributed by atoms with Gasteiger partial charge in [0.05, 0.1) is 5.41 Å². The number of benzene rings is 2. The van der Waals surface area contributed by atoms with Crippen LogP contribution >= 0.6 is 23.2 Å². The van der Waals surface area contributed by atoms with Gasteiger partial charge in [0.1, 0.15) is 12.4 Å². The Hall–Kier alpha value is -1.75. The molecule has 0 atom stereocenters. The van der Waals surface area contributed by atoms with E-state index in [1.54, 1.807) is 6.07 Å². The van der Waals surface area contributed by atoms with Gasteiger partial charge < -0.3 is 15.0 Å². The Morgan fingerprint density at radius 3 is 2.32 bits per heavy atom. The molecule has 2 aromatic carbocycles. The molecule has 1 saturated carbocycles. The van der Waals surface area contributed by atoms with Crippen molar-refractivity contribution >= 4 is 34.8 Å². The maximum Gasteiger partial charge on any atom is 0.235 e. The maximum absolute atomic E-state index is 13.5. The first-order chi connectivity index (χ1) is 15.0. The van der Waals surface area contributed by atoms with E-state index in [4.69, 9.17) is 27.9 Å². The van der Waals surface area contributed by atoms with Crippen molar-refractivity contribution < 1.29 is 9.53 Å². The lowest BCUT2D eigenvalue weighted by Gasteiger charge is -2.37. The van der Waals surface area contributed by atoms with E-state index in [0.29, 0.717) is 16.7 Å². The maximum atomic E-state index is 13.5. The lowest BCUT2D eigenvalue weighted by Crippen LogP contribution is -2.42. The van der Waals surface area contributed by atoms with Crippen LogP contribution in [0.5, 0.6) is 5.75 Å². The van der Waals surface area contributed by atoms with E-state index < -0.39 is 5.41 Å². The van der Waals surface area contributed by atoms with E-state index in [1.807, 2.05) is 36.4 Å². The van der Waals surface area contributed by atoms with Crippen molar-refractivity contribution in [2.75, 3.05) is 31.6 Å². The summed E-state index contributed by atoms with van der Waals surface area (Å²) < 4.78 is 5.85. The second-order valence-electron chi connectivity index (χ2n) is 8.12. The van der Waals surface area contributed by atoms with E-state index in [0.717, 1.165) is 68.7 Å². The van der Waals surface area contributed by atoms with E-state index in [2.05, 4.69) is 24.1 Å². The third-order valence-electron chi connectivity index (χ3n) is 6.27. The number of ether oxygens (including phenoxy) is 1. The molecule has 4 nitrogen and oxygen atoms in total. The van der Waals surface area contributed by atoms with Crippen molar-refractivity contribution in [3.63, 3.8) is 0 Å². The highest BCUT2D eigenvalue weighted by molar-refractivity contribution is 6.35. The molecule has 3 rings (SSSR count). The minimum absolute atomic E-state index is 0.00776. The minimum atomic E-state index is -0.626. The van der Waals surface area contributed by atoms with E-state index >= 15 is 0 Å². The molecular weight excluding hydrogens is 431 g/mol. The second kappa shape index (κ2) is 11.2. The molecule has 0 saturated heterocycles. The highest BCUT2D eigenvalue weighted by Crippen LogP contribution is 2.44. The van der Waals surface area contributed by atoms with Gasteiger partial charge in [-0.3, -0.25) is 4.79 Å². The summed E-state index contributed by atoms with van der Waals surface area (Å²) >= 11 is 12.6. The molecule has 1 N–H and O–H groups in total. The van der Waals surface area contributed by atoms with Crippen molar-refractivity contribution in [3.8, 4) is 5.75 Å². The van der Waals surface area contributed by atoms with Crippen molar-refractivity contribution in [2.45, 2.75) is 51.4 Å². The summed E-state index contributed by atoms with van der Waals surface area (Å²) in [5.74, 6) is 0.796. The molecule has 0 unspecified atom stereocenters. The molecule has 1 aliphatic rings. The van der Waals surface area contributed by atoms with Gasteiger partial charge in [0.2, 0.25) is 5.91 Å². The zero-order valence-electron chi connectivity index (χ0n) is 18.4. The molecule has 0 spiro atoms. The first-order valence-corrected chi connectivity index (χ1v) is 12.0. The van der Waals surface area contributed by atoms with Gasteiger partial charge in [-0.1, -0.05) is 62.4 Å². The number of hydrogen-bond donors (Lipinski definition) is 1. The van der Waals surface area contributed by atoms with Crippen LogP contribution in [0.15, 0.2) is 42.5 Å². The number of nitrogens with one attached hydrogen (secondary N) is 1. The molecule has 6 heteroatoms. The van der Waals surface area contributed by atoms with Crippen molar-refractivity contribution in [1.29, 1.82) is 0 Å². The Morgan fingerprint density at radius 2 is 1.71 bits per heavy atom. The third kappa shape index (κ3) is 5.94.